The van der Waals surface area contributed by atoms with Gasteiger partial charge in [0, 0.05) is 38.4 Å². The van der Waals surface area contributed by atoms with Gasteiger partial charge in [-0.05, 0) is 70.7 Å². The molecule has 10 rings (SSSR count). The number of amidine groups is 2. The first kappa shape index (κ1) is 30.7. The lowest BCUT2D eigenvalue weighted by Gasteiger charge is -2.09. The summed E-state index contributed by atoms with van der Waals surface area (Å²) < 4.78 is 4.75. The largest absolute Gasteiger partial charge is 0.320 e. The molecule has 2 heterocycles. The number of para-hydroxylation sites is 1. The Morgan fingerprint density at radius 3 is 1.72 bits per heavy atom. The smallest absolute Gasteiger partial charge is 0.161 e. The van der Waals surface area contributed by atoms with Gasteiger partial charge in [0.2, 0.25) is 0 Å². The van der Waals surface area contributed by atoms with E-state index in [4.69, 9.17) is 9.98 Å². The molecule has 0 unspecified atom stereocenters. The van der Waals surface area contributed by atoms with Crippen molar-refractivity contribution in [3.63, 3.8) is 0 Å². The summed E-state index contributed by atoms with van der Waals surface area (Å²) >= 11 is 0. The third-order valence-corrected chi connectivity index (χ3v) is 10.3. The fourth-order valence-corrected chi connectivity index (χ4v) is 7.94. The molecule has 0 fully saturated rings. The molecular weight excluding hydrogens is 647 g/mol. The van der Waals surface area contributed by atoms with E-state index in [1.54, 1.807) is 0 Å². The predicted octanol–water partition coefficient (Wildman–Crippen LogP) is 11.7. The van der Waals surface area contributed by atoms with Crippen molar-refractivity contribution in [3.8, 4) is 5.69 Å². The van der Waals surface area contributed by atoms with Crippen molar-refractivity contribution in [3.05, 3.63) is 187 Å². The van der Waals surface area contributed by atoms with Gasteiger partial charge in [-0.3, -0.25) is 0 Å². The Labute approximate surface area is 306 Å². The van der Waals surface area contributed by atoms with Crippen LogP contribution < -0.4 is 0 Å². The Hall–Kier alpha value is -7.11. The van der Waals surface area contributed by atoms with Gasteiger partial charge in [-0.1, -0.05) is 133 Å². The summed E-state index contributed by atoms with van der Waals surface area (Å²) in [4.78, 5) is 14.6. The second-order valence-corrected chi connectivity index (χ2v) is 13.3. The van der Waals surface area contributed by atoms with Crippen LogP contribution in [0.1, 0.15) is 11.1 Å². The van der Waals surface area contributed by atoms with E-state index in [1.165, 1.54) is 54.1 Å². The fourth-order valence-electron chi connectivity index (χ4n) is 7.94. The highest BCUT2D eigenvalue weighted by atomic mass is 15.1. The third-order valence-electron chi connectivity index (χ3n) is 10.3. The molecule has 0 aliphatic rings. The zero-order valence-electron chi connectivity index (χ0n) is 28.9. The maximum atomic E-state index is 5.27. The molecule has 5 heteroatoms. The lowest BCUT2D eigenvalue weighted by molar-refractivity contribution is 0.792. The van der Waals surface area contributed by atoms with Gasteiger partial charge in [-0.2, -0.15) is 0 Å². The average molecular weight is 680 g/mol. The molecule has 8 aromatic carbocycles. The Morgan fingerprint density at radius 2 is 1.00 bits per heavy atom. The van der Waals surface area contributed by atoms with Crippen molar-refractivity contribution < 1.29 is 0 Å². The summed E-state index contributed by atoms with van der Waals surface area (Å²) in [6, 6.07) is 61.8. The molecule has 10 aromatic rings. The van der Waals surface area contributed by atoms with Crippen LogP contribution in [0.15, 0.2) is 191 Å². The van der Waals surface area contributed by atoms with E-state index >= 15 is 0 Å². The summed E-state index contributed by atoms with van der Waals surface area (Å²) in [6.45, 7) is 4.22. The van der Waals surface area contributed by atoms with Gasteiger partial charge in [-0.15, -0.1) is 0 Å². The Balaban J connectivity index is 1.30. The van der Waals surface area contributed by atoms with E-state index in [9.17, 15) is 0 Å². The van der Waals surface area contributed by atoms with Gasteiger partial charge >= 0.3 is 0 Å². The second-order valence-electron chi connectivity index (χ2n) is 13.3. The van der Waals surface area contributed by atoms with Crippen molar-refractivity contribution in [1.82, 2.24) is 9.13 Å². The van der Waals surface area contributed by atoms with Gasteiger partial charge < -0.3 is 9.13 Å². The topological polar surface area (TPSA) is 46.9 Å². The van der Waals surface area contributed by atoms with Crippen LogP contribution in [-0.4, -0.2) is 27.5 Å². The second kappa shape index (κ2) is 12.6. The van der Waals surface area contributed by atoms with Gasteiger partial charge in [0.05, 0.1) is 22.1 Å². The Morgan fingerprint density at radius 1 is 0.453 bits per heavy atom. The van der Waals surface area contributed by atoms with Gasteiger partial charge in [-0.25, -0.2) is 15.0 Å². The zero-order valence-corrected chi connectivity index (χ0v) is 28.9. The highest BCUT2D eigenvalue weighted by Crippen LogP contribution is 2.44. The van der Waals surface area contributed by atoms with Crippen LogP contribution in [0.2, 0.25) is 0 Å². The lowest BCUT2D eigenvalue weighted by atomic mass is 9.99. The lowest BCUT2D eigenvalue weighted by Crippen LogP contribution is -2.07. The van der Waals surface area contributed by atoms with Crippen LogP contribution in [0.4, 0.5) is 0 Å². The van der Waals surface area contributed by atoms with E-state index in [0.29, 0.717) is 18.3 Å². The molecule has 0 radical (unpaired) electrons. The minimum Gasteiger partial charge on any atom is -0.320 e. The van der Waals surface area contributed by atoms with Crippen LogP contribution in [0.25, 0.3) is 70.8 Å². The van der Waals surface area contributed by atoms with Crippen molar-refractivity contribution in [2.24, 2.45) is 15.0 Å². The predicted molar refractivity (Wildman–Crippen MR) is 224 cm³/mol. The molecule has 250 valence electrons. The summed E-state index contributed by atoms with van der Waals surface area (Å²) in [5.74, 6) is 1.13. The number of aromatic nitrogens is 2. The maximum Gasteiger partial charge on any atom is 0.161 e. The molecule has 5 nitrogen and oxygen atoms in total. The zero-order chi connectivity index (χ0) is 35.3. The first-order chi connectivity index (χ1) is 26.3. The molecule has 0 saturated carbocycles. The molecule has 0 spiro atoms. The van der Waals surface area contributed by atoms with Crippen molar-refractivity contribution >= 4 is 83.5 Å². The molecule has 0 saturated heterocycles. The Kier molecular flexibility index (Phi) is 7.29. The van der Waals surface area contributed by atoms with E-state index in [2.05, 4.69) is 136 Å². The minimum absolute atomic E-state index is 0.356. The molecule has 0 aliphatic carbocycles. The summed E-state index contributed by atoms with van der Waals surface area (Å²) in [5, 5.41) is 9.76. The van der Waals surface area contributed by atoms with Gasteiger partial charge in [0.25, 0.3) is 0 Å². The molecule has 0 atom stereocenters. The molecular formula is C48H33N5. The molecule has 2 aromatic heterocycles. The van der Waals surface area contributed by atoms with Gasteiger partial charge in [0.15, 0.2) is 11.7 Å². The number of aliphatic imine (C=N–C) groups is 3. The Bertz CT molecular complexity index is 3080. The number of fused-ring (bicyclic) bond motifs is 10. The van der Waals surface area contributed by atoms with E-state index in [-0.39, 0.29) is 0 Å². The molecule has 0 N–H and O–H groups in total. The standard InChI is InChI=1S/C48H33N5/c1-49-47(33-16-5-2-6-17-33)51-48(34-18-7-3-8-19-34)50-31-52-40-27-28-42-46(45(40)39-29-35-20-11-12-21-36(35)30-43(39)52)44-38-24-14-13-15-32(38)25-26-41(44)53(42)37-22-9-4-10-23-37/h2-30H,1,31H2/b50-48-,51-47?. The molecule has 0 bridgehead atoms. The molecule has 53 heavy (non-hydrogen) atoms. The summed E-state index contributed by atoms with van der Waals surface area (Å²) in [7, 11) is 0. The first-order valence-corrected chi connectivity index (χ1v) is 17.8. The normalized spacial score (nSPS) is 12.5. The highest BCUT2D eigenvalue weighted by Gasteiger charge is 2.22. The number of rotatable bonds is 5. The van der Waals surface area contributed by atoms with Crippen molar-refractivity contribution in [1.29, 1.82) is 0 Å². The molecule has 0 amide bonds. The SMILES string of the molecule is C=NC(=N/C(=N\Cn1c2cc3ccccc3cc2c2c3c4c5ccccc5ccc4n(-c4ccccc4)c3ccc21)c1ccccc1)c1ccccc1. The van der Waals surface area contributed by atoms with Crippen LogP contribution in [-0.2, 0) is 6.67 Å². The van der Waals surface area contributed by atoms with E-state index in [0.717, 1.165) is 27.8 Å². The highest BCUT2D eigenvalue weighted by molar-refractivity contribution is 6.33. The van der Waals surface area contributed by atoms with E-state index < -0.39 is 0 Å². The quantitative estimate of drug-likeness (QED) is 0.128. The summed E-state index contributed by atoms with van der Waals surface area (Å²) in [5.41, 5.74) is 7.53. The van der Waals surface area contributed by atoms with E-state index in [1.807, 2.05) is 60.7 Å². The van der Waals surface area contributed by atoms with Crippen LogP contribution in [0.3, 0.4) is 0 Å². The minimum atomic E-state index is 0.356. The van der Waals surface area contributed by atoms with Crippen molar-refractivity contribution in [2.75, 3.05) is 0 Å². The average Bonchev–Trinajstić information content (AvgIpc) is 3.73. The molecule has 0 aliphatic heterocycles. The summed E-state index contributed by atoms with van der Waals surface area (Å²) in [6.07, 6.45) is 0. The fraction of sp³-hybridized carbons (Fsp3) is 0.0208. The first-order valence-electron chi connectivity index (χ1n) is 17.8. The number of hydrogen-bond donors (Lipinski definition) is 0. The number of benzene rings is 8. The van der Waals surface area contributed by atoms with Crippen LogP contribution in [0.5, 0.6) is 0 Å². The monoisotopic (exact) mass is 679 g/mol. The van der Waals surface area contributed by atoms with Crippen molar-refractivity contribution in [2.45, 2.75) is 6.67 Å². The van der Waals surface area contributed by atoms with Crippen LogP contribution in [0, 0.1) is 0 Å². The number of hydrogen-bond acceptors (Lipinski definition) is 1. The van der Waals surface area contributed by atoms with Gasteiger partial charge in [0.1, 0.15) is 6.67 Å². The van der Waals surface area contributed by atoms with Crippen LogP contribution >= 0.6 is 0 Å². The third kappa shape index (κ3) is 5.05. The number of nitrogens with zero attached hydrogens (tertiary/aromatic N) is 5. The maximum absolute atomic E-state index is 5.27.